The number of para-hydroxylation sites is 1. The van der Waals surface area contributed by atoms with Gasteiger partial charge in [0.2, 0.25) is 5.91 Å². The van der Waals surface area contributed by atoms with Gasteiger partial charge in [0.1, 0.15) is 11.8 Å². The molecule has 1 amide bonds. The Bertz CT molecular complexity index is 506. The Labute approximate surface area is 120 Å². The second kappa shape index (κ2) is 7.56. The summed E-state index contributed by atoms with van der Waals surface area (Å²) in [7, 11) is 0. The first-order chi connectivity index (χ1) is 9.81. The first-order valence-corrected chi connectivity index (χ1v) is 6.36. The van der Waals surface area contributed by atoms with Gasteiger partial charge in [0.25, 0.3) is 0 Å². The molecule has 2 N–H and O–H groups in total. The lowest BCUT2D eigenvalue weighted by atomic mass is 10.0. The van der Waals surface area contributed by atoms with Crippen molar-refractivity contribution in [2.45, 2.75) is 32.9 Å². The number of carbonyl (C=O) groups is 2. The average Bonchev–Trinajstić information content (AvgIpc) is 2.37. The third-order valence-corrected chi connectivity index (χ3v) is 2.79. The summed E-state index contributed by atoms with van der Waals surface area (Å²) in [5.74, 6) is -2.10. The SMILES string of the molecule is CC(C)C(NC(=O)Cc1ccccc1OC(F)F)C(=O)O. The fraction of sp³-hybridized carbons (Fsp3) is 0.429. The maximum Gasteiger partial charge on any atom is 0.387 e. The summed E-state index contributed by atoms with van der Waals surface area (Å²) in [6.07, 6.45) is -0.237. The number of rotatable bonds is 7. The van der Waals surface area contributed by atoms with E-state index in [1.807, 2.05) is 0 Å². The van der Waals surface area contributed by atoms with Crippen LogP contribution >= 0.6 is 0 Å². The molecule has 1 rings (SSSR count). The van der Waals surface area contributed by atoms with Gasteiger partial charge in [0.05, 0.1) is 6.42 Å². The van der Waals surface area contributed by atoms with Crippen molar-refractivity contribution in [3.8, 4) is 5.75 Å². The summed E-state index contributed by atoms with van der Waals surface area (Å²) in [6, 6.07) is 4.86. The highest BCUT2D eigenvalue weighted by atomic mass is 19.3. The number of hydrogen-bond acceptors (Lipinski definition) is 3. The number of carboxylic acids is 1. The smallest absolute Gasteiger partial charge is 0.387 e. The fourth-order valence-electron chi connectivity index (χ4n) is 1.77. The summed E-state index contributed by atoms with van der Waals surface area (Å²) in [5.41, 5.74) is 0.267. The number of carbonyl (C=O) groups excluding carboxylic acids is 1. The van der Waals surface area contributed by atoms with Crippen molar-refractivity contribution in [2.75, 3.05) is 0 Å². The van der Waals surface area contributed by atoms with Gasteiger partial charge in [-0.05, 0) is 12.0 Å². The van der Waals surface area contributed by atoms with Crippen LogP contribution in [0.25, 0.3) is 0 Å². The molecule has 7 heteroatoms. The van der Waals surface area contributed by atoms with Gasteiger partial charge >= 0.3 is 12.6 Å². The molecule has 0 saturated heterocycles. The van der Waals surface area contributed by atoms with Crippen molar-refractivity contribution < 1.29 is 28.2 Å². The number of alkyl halides is 2. The van der Waals surface area contributed by atoms with Gasteiger partial charge in [-0.15, -0.1) is 0 Å². The van der Waals surface area contributed by atoms with Gasteiger partial charge in [0.15, 0.2) is 0 Å². The molecule has 116 valence electrons. The van der Waals surface area contributed by atoms with Crippen molar-refractivity contribution >= 4 is 11.9 Å². The van der Waals surface area contributed by atoms with Crippen LogP contribution in [0.4, 0.5) is 8.78 Å². The van der Waals surface area contributed by atoms with Gasteiger partial charge in [-0.2, -0.15) is 8.78 Å². The molecule has 0 radical (unpaired) electrons. The first kappa shape index (κ1) is 16.9. The Balaban J connectivity index is 2.77. The number of amides is 1. The Kier molecular flexibility index (Phi) is 6.08. The van der Waals surface area contributed by atoms with E-state index in [0.717, 1.165) is 0 Å². The van der Waals surface area contributed by atoms with Crippen molar-refractivity contribution in [1.29, 1.82) is 0 Å². The average molecular weight is 301 g/mol. The quantitative estimate of drug-likeness (QED) is 0.808. The van der Waals surface area contributed by atoms with Crippen LogP contribution in [-0.4, -0.2) is 29.6 Å². The molecule has 1 atom stereocenters. The zero-order valence-corrected chi connectivity index (χ0v) is 11.7. The maximum absolute atomic E-state index is 12.3. The summed E-state index contributed by atoms with van der Waals surface area (Å²) in [4.78, 5) is 22.9. The van der Waals surface area contributed by atoms with Crippen molar-refractivity contribution in [3.05, 3.63) is 29.8 Å². The zero-order chi connectivity index (χ0) is 16.0. The van der Waals surface area contributed by atoms with Crippen molar-refractivity contribution in [3.63, 3.8) is 0 Å². The molecule has 5 nitrogen and oxygen atoms in total. The Morgan fingerprint density at radius 3 is 2.43 bits per heavy atom. The van der Waals surface area contributed by atoms with Gasteiger partial charge in [-0.3, -0.25) is 4.79 Å². The molecule has 1 unspecified atom stereocenters. The van der Waals surface area contributed by atoms with E-state index >= 15 is 0 Å². The minimum Gasteiger partial charge on any atom is -0.480 e. The largest absolute Gasteiger partial charge is 0.480 e. The van der Waals surface area contributed by atoms with Crippen LogP contribution in [0.5, 0.6) is 5.75 Å². The molecule has 1 aromatic carbocycles. The Morgan fingerprint density at radius 2 is 1.90 bits per heavy atom. The van der Waals surface area contributed by atoms with Gasteiger partial charge in [-0.25, -0.2) is 4.79 Å². The second-order valence-electron chi connectivity index (χ2n) is 4.79. The predicted octanol–water partition coefficient (Wildman–Crippen LogP) is 2.06. The number of ether oxygens (including phenoxy) is 1. The third kappa shape index (κ3) is 5.37. The normalized spacial score (nSPS) is 12.3. The van der Waals surface area contributed by atoms with Gasteiger partial charge in [-0.1, -0.05) is 32.0 Å². The number of benzene rings is 1. The summed E-state index contributed by atoms with van der Waals surface area (Å²) in [6.45, 7) is 0.330. The molecule has 0 aromatic heterocycles. The van der Waals surface area contributed by atoms with Crippen LogP contribution < -0.4 is 10.1 Å². The molecule has 1 aromatic rings. The van der Waals surface area contributed by atoms with Crippen molar-refractivity contribution in [1.82, 2.24) is 5.32 Å². The van der Waals surface area contributed by atoms with E-state index < -0.39 is 24.5 Å². The highest BCUT2D eigenvalue weighted by Crippen LogP contribution is 2.20. The van der Waals surface area contributed by atoms with E-state index in [9.17, 15) is 18.4 Å². The number of aliphatic carboxylic acids is 1. The lowest BCUT2D eigenvalue weighted by Crippen LogP contribution is -2.44. The molecule has 0 fully saturated rings. The highest BCUT2D eigenvalue weighted by Gasteiger charge is 2.23. The van der Waals surface area contributed by atoms with E-state index in [4.69, 9.17) is 5.11 Å². The lowest BCUT2D eigenvalue weighted by molar-refractivity contribution is -0.143. The number of halogens is 2. The first-order valence-electron chi connectivity index (χ1n) is 6.36. The highest BCUT2D eigenvalue weighted by molar-refractivity contribution is 5.85. The Hall–Kier alpha value is -2.18. The molecule has 0 aliphatic heterocycles. The monoisotopic (exact) mass is 301 g/mol. The van der Waals surface area contributed by atoms with Crippen LogP contribution in [0.3, 0.4) is 0 Å². The molecule has 0 heterocycles. The minimum absolute atomic E-state index is 0.0981. The van der Waals surface area contributed by atoms with E-state index in [0.29, 0.717) is 0 Å². The standard InChI is InChI=1S/C14H17F2NO4/c1-8(2)12(13(19)20)17-11(18)7-9-5-3-4-6-10(9)21-14(15)16/h3-6,8,12,14H,7H2,1-2H3,(H,17,18)(H,19,20). The maximum atomic E-state index is 12.3. The number of hydrogen-bond donors (Lipinski definition) is 2. The van der Waals surface area contributed by atoms with E-state index in [-0.39, 0.29) is 23.7 Å². The van der Waals surface area contributed by atoms with E-state index in [2.05, 4.69) is 10.1 Å². The summed E-state index contributed by atoms with van der Waals surface area (Å²) < 4.78 is 28.8. The summed E-state index contributed by atoms with van der Waals surface area (Å²) in [5, 5.41) is 11.4. The molecule has 0 spiro atoms. The van der Waals surface area contributed by atoms with Crippen LogP contribution in [0.15, 0.2) is 24.3 Å². The van der Waals surface area contributed by atoms with Crippen LogP contribution in [0.1, 0.15) is 19.4 Å². The molecule has 0 bridgehead atoms. The lowest BCUT2D eigenvalue weighted by Gasteiger charge is -2.18. The molecular formula is C14H17F2NO4. The fourth-order valence-corrected chi connectivity index (χ4v) is 1.77. The number of nitrogens with one attached hydrogen (secondary N) is 1. The topological polar surface area (TPSA) is 75.6 Å². The molecule has 0 aliphatic carbocycles. The Morgan fingerprint density at radius 1 is 1.29 bits per heavy atom. The second-order valence-corrected chi connectivity index (χ2v) is 4.79. The van der Waals surface area contributed by atoms with E-state index in [1.165, 1.54) is 18.2 Å². The van der Waals surface area contributed by atoms with Gasteiger partial charge < -0.3 is 15.2 Å². The summed E-state index contributed by atoms with van der Waals surface area (Å²) >= 11 is 0. The van der Waals surface area contributed by atoms with Crippen LogP contribution in [-0.2, 0) is 16.0 Å². The predicted molar refractivity (Wildman–Crippen MR) is 71.2 cm³/mol. The van der Waals surface area contributed by atoms with Crippen LogP contribution in [0, 0.1) is 5.92 Å². The van der Waals surface area contributed by atoms with Crippen LogP contribution in [0.2, 0.25) is 0 Å². The molecule has 21 heavy (non-hydrogen) atoms. The minimum atomic E-state index is -2.99. The third-order valence-electron chi connectivity index (χ3n) is 2.79. The molecule has 0 aliphatic rings. The van der Waals surface area contributed by atoms with E-state index in [1.54, 1.807) is 19.9 Å². The zero-order valence-electron chi connectivity index (χ0n) is 11.7. The number of carboxylic acid groups (broad SMARTS) is 1. The molecular weight excluding hydrogens is 284 g/mol. The van der Waals surface area contributed by atoms with Gasteiger partial charge in [0, 0.05) is 5.56 Å². The van der Waals surface area contributed by atoms with Crippen molar-refractivity contribution in [2.24, 2.45) is 5.92 Å². The molecule has 0 saturated carbocycles.